The van der Waals surface area contributed by atoms with Gasteiger partial charge in [-0.3, -0.25) is 4.98 Å². The third-order valence-electron chi connectivity index (χ3n) is 6.07. The van der Waals surface area contributed by atoms with E-state index in [4.69, 9.17) is 9.47 Å². The average Bonchev–Trinajstić information content (AvgIpc) is 3.32. The Kier molecular flexibility index (Phi) is 4.61. The molecular formula is C26H23N5O2. The molecular weight excluding hydrogens is 414 g/mol. The molecule has 2 aromatic carbocycles. The molecule has 1 N–H and O–H groups in total. The SMILES string of the molecule is CCOc1ccccc1[C@H]1Oc2ccc(C)cc2C2=C1[C@H](c1cccnc1)n1ncnc1N2. The maximum absolute atomic E-state index is 6.71. The number of para-hydroxylation sites is 1. The van der Waals surface area contributed by atoms with E-state index in [1.165, 1.54) is 0 Å². The summed E-state index contributed by atoms with van der Waals surface area (Å²) in [6.45, 7) is 4.65. The summed E-state index contributed by atoms with van der Waals surface area (Å²) in [5.41, 5.74) is 6.19. The van der Waals surface area contributed by atoms with Gasteiger partial charge < -0.3 is 14.8 Å². The highest BCUT2D eigenvalue weighted by Gasteiger charge is 2.41. The monoisotopic (exact) mass is 437 g/mol. The average molecular weight is 438 g/mol. The Morgan fingerprint density at radius 3 is 2.88 bits per heavy atom. The summed E-state index contributed by atoms with van der Waals surface area (Å²) in [6, 6.07) is 18.1. The minimum absolute atomic E-state index is 0.235. The maximum Gasteiger partial charge on any atom is 0.226 e. The van der Waals surface area contributed by atoms with E-state index in [1.807, 2.05) is 48.1 Å². The van der Waals surface area contributed by atoms with Crippen LogP contribution in [-0.4, -0.2) is 26.4 Å². The Balaban J connectivity index is 1.64. The molecule has 0 spiro atoms. The van der Waals surface area contributed by atoms with Gasteiger partial charge in [-0.2, -0.15) is 10.1 Å². The topological polar surface area (TPSA) is 74.1 Å². The number of fused-ring (bicyclic) bond motifs is 3. The zero-order valence-corrected chi connectivity index (χ0v) is 18.4. The quantitative estimate of drug-likeness (QED) is 0.487. The highest BCUT2D eigenvalue weighted by atomic mass is 16.5. The first-order valence-corrected chi connectivity index (χ1v) is 11.0. The fourth-order valence-electron chi connectivity index (χ4n) is 4.68. The summed E-state index contributed by atoms with van der Waals surface area (Å²) < 4.78 is 14.6. The van der Waals surface area contributed by atoms with E-state index in [9.17, 15) is 0 Å². The fourth-order valence-corrected chi connectivity index (χ4v) is 4.68. The number of anilines is 1. The molecule has 7 heteroatoms. The summed E-state index contributed by atoms with van der Waals surface area (Å²) >= 11 is 0. The molecule has 0 saturated carbocycles. The van der Waals surface area contributed by atoms with Crippen molar-refractivity contribution in [1.82, 2.24) is 19.7 Å². The summed E-state index contributed by atoms with van der Waals surface area (Å²) in [5, 5.41) is 8.10. The van der Waals surface area contributed by atoms with Gasteiger partial charge in [-0.1, -0.05) is 35.9 Å². The van der Waals surface area contributed by atoms with E-state index < -0.39 is 0 Å². The van der Waals surface area contributed by atoms with Crippen LogP contribution >= 0.6 is 0 Å². The van der Waals surface area contributed by atoms with E-state index >= 15 is 0 Å². The number of hydrogen-bond acceptors (Lipinski definition) is 6. The number of nitrogens with one attached hydrogen (secondary N) is 1. The van der Waals surface area contributed by atoms with Gasteiger partial charge >= 0.3 is 0 Å². The second-order valence-electron chi connectivity index (χ2n) is 8.14. The van der Waals surface area contributed by atoms with Gasteiger partial charge in [-0.25, -0.2) is 4.68 Å². The van der Waals surface area contributed by atoms with Crippen LogP contribution in [0.1, 0.15) is 41.3 Å². The lowest BCUT2D eigenvalue weighted by Crippen LogP contribution is -2.32. The van der Waals surface area contributed by atoms with Gasteiger partial charge in [0.05, 0.1) is 12.3 Å². The second kappa shape index (κ2) is 7.78. The molecule has 2 aromatic heterocycles. The van der Waals surface area contributed by atoms with Crippen molar-refractivity contribution >= 4 is 11.6 Å². The van der Waals surface area contributed by atoms with Crippen LogP contribution in [0.4, 0.5) is 5.95 Å². The molecule has 2 atom stereocenters. The zero-order valence-electron chi connectivity index (χ0n) is 18.4. The van der Waals surface area contributed by atoms with Crippen molar-refractivity contribution in [1.29, 1.82) is 0 Å². The first kappa shape index (κ1) is 19.5. The molecule has 2 aliphatic heterocycles. The number of hydrogen-bond donors (Lipinski definition) is 1. The van der Waals surface area contributed by atoms with Crippen molar-refractivity contribution in [3.63, 3.8) is 0 Å². The van der Waals surface area contributed by atoms with Crippen molar-refractivity contribution < 1.29 is 9.47 Å². The second-order valence-corrected chi connectivity index (χ2v) is 8.14. The van der Waals surface area contributed by atoms with Crippen LogP contribution in [0.3, 0.4) is 0 Å². The molecule has 2 aliphatic rings. The zero-order chi connectivity index (χ0) is 22.4. The lowest BCUT2D eigenvalue weighted by Gasteiger charge is -2.39. The molecule has 6 rings (SSSR count). The summed E-state index contributed by atoms with van der Waals surface area (Å²) in [5.74, 6) is 2.32. The predicted octanol–water partition coefficient (Wildman–Crippen LogP) is 4.94. The van der Waals surface area contributed by atoms with Crippen LogP contribution in [0.5, 0.6) is 11.5 Å². The van der Waals surface area contributed by atoms with E-state index in [1.54, 1.807) is 12.5 Å². The number of nitrogens with zero attached hydrogens (tertiary/aromatic N) is 4. The molecule has 0 unspecified atom stereocenters. The first-order chi connectivity index (χ1) is 16.2. The number of aryl methyl sites for hydroxylation is 1. The van der Waals surface area contributed by atoms with Gasteiger partial charge in [-0.05, 0) is 43.7 Å². The highest BCUT2D eigenvalue weighted by molar-refractivity contribution is 5.85. The molecule has 0 amide bonds. The van der Waals surface area contributed by atoms with E-state index in [2.05, 4.69) is 51.6 Å². The number of ether oxygens (including phenoxy) is 2. The van der Waals surface area contributed by atoms with Crippen LogP contribution in [-0.2, 0) is 0 Å². The molecule has 0 aliphatic carbocycles. The van der Waals surface area contributed by atoms with Crippen LogP contribution in [0.2, 0.25) is 0 Å². The smallest absolute Gasteiger partial charge is 0.226 e. The minimum Gasteiger partial charge on any atom is -0.493 e. The van der Waals surface area contributed by atoms with Crippen LogP contribution in [0, 0.1) is 6.92 Å². The molecule has 0 bridgehead atoms. The number of benzene rings is 2. The molecule has 4 heterocycles. The fraction of sp³-hybridized carbons (Fsp3) is 0.192. The standard InChI is InChI=1S/C26H23N5O2/c1-3-32-20-9-5-4-8-18(20)25-22-23(19-13-16(2)10-11-21(19)33-25)30-26-28-15-29-31(26)24(22)17-7-6-12-27-14-17/h4-15,24-25H,3H2,1-2H3,(H,28,29,30)/t24-,25+/m0/s1. The highest BCUT2D eigenvalue weighted by Crippen LogP contribution is 2.51. The van der Waals surface area contributed by atoms with Crippen molar-refractivity contribution in [3.8, 4) is 11.5 Å². The van der Waals surface area contributed by atoms with Crippen LogP contribution < -0.4 is 14.8 Å². The van der Waals surface area contributed by atoms with Gasteiger partial charge in [0.1, 0.15) is 23.9 Å². The van der Waals surface area contributed by atoms with Crippen LogP contribution in [0.25, 0.3) is 5.70 Å². The molecule has 0 fully saturated rings. The Hall–Kier alpha value is -4.13. The van der Waals surface area contributed by atoms with Gasteiger partial charge in [0.25, 0.3) is 0 Å². The predicted molar refractivity (Wildman–Crippen MR) is 125 cm³/mol. The van der Waals surface area contributed by atoms with Gasteiger partial charge in [0.15, 0.2) is 6.10 Å². The van der Waals surface area contributed by atoms with Gasteiger partial charge in [0, 0.05) is 29.1 Å². The van der Waals surface area contributed by atoms with Gasteiger partial charge in [0.2, 0.25) is 5.95 Å². The normalized spacial score (nSPS) is 18.5. The Bertz CT molecular complexity index is 1360. The summed E-state index contributed by atoms with van der Waals surface area (Å²) in [4.78, 5) is 8.87. The van der Waals surface area contributed by atoms with E-state index in [0.29, 0.717) is 12.6 Å². The lowest BCUT2D eigenvalue weighted by atomic mass is 9.84. The third kappa shape index (κ3) is 3.16. The minimum atomic E-state index is -0.381. The maximum atomic E-state index is 6.71. The Morgan fingerprint density at radius 2 is 2.03 bits per heavy atom. The number of pyridine rings is 1. The van der Waals surface area contributed by atoms with Crippen LogP contribution in [0.15, 0.2) is 78.9 Å². The number of rotatable bonds is 4. The van der Waals surface area contributed by atoms with Crippen molar-refractivity contribution in [2.45, 2.75) is 26.0 Å². The Morgan fingerprint density at radius 1 is 1.12 bits per heavy atom. The molecule has 33 heavy (non-hydrogen) atoms. The Labute approximate surface area is 191 Å². The molecule has 0 saturated heterocycles. The summed E-state index contributed by atoms with van der Waals surface area (Å²) in [7, 11) is 0. The van der Waals surface area contributed by atoms with Crippen molar-refractivity contribution in [2.24, 2.45) is 0 Å². The van der Waals surface area contributed by atoms with Gasteiger partial charge in [-0.15, -0.1) is 0 Å². The molecule has 0 radical (unpaired) electrons. The third-order valence-corrected chi connectivity index (χ3v) is 6.07. The largest absolute Gasteiger partial charge is 0.493 e. The van der Waals surface area contributed by atoms with Crippen molar-refractivity contribution in [2.75, 3.05) is 11.9 Å². The number of aromatic nitrogens is 4. The first-order valence-electron chi connectivity index (χ1n) is 11.0. The van der Waals surface area contributed by atoms with E-state index in [-0.39, 0.29) is 12.1 Å². The summed E-state index contributed by atoms with van der Waals surface area (Å²) in [6.07, 6.45) is 4.85. The molecule has 7 nitrogen and oxygen atoms in total. The van der Waals surface area contributed by atoms with E-state index in [0.717, 1.165) is 45.0 Å². The molecule has 164 valence electrons. The van der Waals surface area contributed by atoms with Crippen molar-refractivity contribution in [3.05, 3.63) is 101 Å². The molecule has 4 aromatic rings. The lowest BCUT2D eigenvalue weighted by molar-refractivity contribution is 0.215.